The first-order valence-electron chi connectivity index (χ1n) is 20.1. The maximum atomic E-state index is 15.3. The fourth-order valence-corrected chi connectivity index (χ4v) is 7.91. The fraction of sp³-hybridized carbons (Fsp3) is 0.478. The minimum Gasteiger partial charge on any atom is -0.429 e. The van der Waals surface area contributed by atoms with Crippen molar-refractivity contribution < 1.29 is 39.9 Å². The van der Waals surface area contributed by atoms with Gasteiger partial charge in [0.15, 0.2) is 17.5 Å². The Labute approximate surface area is 320 Å². The van der Waals surface area contributed by atoms with Gasteiger partial charge in [0.2, 0.25) is 0 Å². The molecule has 4 aromatic carbocycles. The highest BCUT2D eigenvalue weighted by Gasteiger charge is 2.41. The first-order chi connectivity index (χ1) is 26.5. The largest absolute Gasteiger partial charge is 0.432 e. The van der Waals surface area contributed by atoms with Crippen LogP contribution in [0.25, 0.3) is 22.3 Å². The molecule has 4 aromatic rings. The Bertz CT molecular complexity index is 1770. The number of alkyl halides is 2. The third-order valence-corrected chi connectivity index (χ3v) is 11.1. The lowest BCUT2D eigenvalue weighted by Gasteiger charge is -2.29. The summed E-state index contributed by atoms with van der Waals surface area (Å²) in [6, 6.07) is 13.4. The topological polar surface area (TPSA) is 9.23 Å². The van der Waals surface area contributed by atoms with E-state index in [0.29, 0.717) is 23.6 Å². The van der Waals surface area contributed by atoms with Crippen molar-refractivity contribution in [3.63, 3.8) is 0 Å². The lowest BCUT2D eigenvalue weighted by atomic mass is 9.77. The highest BCUT2D eigenvalue weighted by Crippen LogP contribution is 2.40. The van der Waals surface area contributed by atoms with Gasteiger partial charge in [-0.1, -0.05) is 133 Å². The van der Waals surface area contributed by atoms with Crippen molar-refractivity contribution >= 4 is 0 Å². The Hall–Kier alpha value is -3.88. The van der Waals surface area contributed by atoms with Crippen LogP contribution in [-0.2, 0) is 6.11 Å². The summed E-state index contributed by atoms with van der Waals surface area (Å²) in [4.78, 5) is 0. The molecule has 0 atom stereocenters. The molecule has 1 saturated carbocycles. The Morgan fingerprint density at radius 2 is 1.02 bits per heavy atom. The summed E-state index contributed by atoms with van der Waals surface area (Å²) in [5.74, 6) is -9.88. The molecule has 298 valence electrons. The van der Waals surface area contributed by atoms with Gasteiger partial charge in [-0.25, -0.2) is 26.3 Å². The van der Waals surface area contributed by atoms with E-state index in [1.54, 1.807) is 6.07 Å². The van der Waals surface area contributed by atoms with E-state index in [0.717, 1.165) is 24.3 Å². The molecule has 1 fully saturated rings. The van der Waals surface area contributed by atoms with Crippen LogP contribution >= 0.6 is 0 Å². The first-order valence-corrected chi connectivity index (χ1v) is 20.1. The first kappa shape index (κ1) is 42.3. The molecule has 0 N–H and O–H groups in total. The van der Waals surface area contributed by atoms with Gasteiger partial charge in [-0.2, -0.15) is 8.78 Å². The van der Waals surface area contributed by atoms with E-state index >= 15 is 4.39 Å². The molecule has 55 heavy (non-hydrogen) atoms. The fourth-order valence-electron chi connectivity index (χ4n) is 7.91. The molecule has 0 heterocycles. The van der Waals surface area contributed by atoms with Crippen LogP contribution < -0.4 is 4.74 Å². The number of benzene rings is 4. The van der Waals surface area contributed by atoms with Crippen LogP contribution in [0.2, 0.25) is 0 Å². The van der Waals surface area contributed by atoms with E-state index in [2.05, 4.69) is 23.8 Å². The van der Waals surface area contributed by atoms with Crippen molar-refractivity contribution in [2.75, 3.05) is 0 Å². The van der Waals surface area contributed by atoms with Gasteiger partial charge in [0.1, 0.15) is 28.8 Å². The highest BCUT2D eigenvalue weighted by molar-refractivity contribution is 5.71. The minimum absolute atomic E-state index is 0.118. The van der Waals surface area contributed by atoms with Gasteiger partial charge < -0.3 is 4.74 Å². The smallest absolute Gasteiger partial charge is 0.429 e. The summed E-state index contributed by atoms with van der Waals surface area (Å²) in [7, 11) is 0. The Morgan fingerprint density at radius 1 is 0.527 bits per heavy atom. The Morgan fingerprint density at radius 3 is 1.55 bits per heavy atom. The third kappa shape index (κ3) is 11.8. The lowest BCUT2D eigenvalue weighted by Crippen LogP contribution is -2.25. The number of halogens is 8. The standard InChI is InChI=1S/C46H52F8O/c1-2-3-4-5-6-7-8-9-10-11-12-13-14-15-31-16-18-32(19-17-31)33-20-22-34(23-21-33)35-24-25-38(39(47)26-35)36-27-40(48)44(41(49)28-36)46(53,54)55-37-29-42(50)45(52)43(51)30-37/h20-32H,2-19H2,1H3. The molecule has 0 unspecified atom stereocenters. The van der Waals surface area contributed by atoms with Gasteiger partial charge in [-0.15, -0.1) is 0 Å². The van der Waals surface area contributed by atoms with E-state index in [-0.39, 0.29) is 23.3 Å². The number of unbranched alkanes of at least 4 members (excludes halogenated alkanes) is 12. The Balaban J connectivity index is 1.08. The average Bonchev–Trinajstić information content (AvgIpc) is 3.15. The van der Waals surface area contributed by atoms with Crippen molar-refractivity contribution in [1.29, 1.82) is 0 Å². The predicted molar refractivity (Wildman–Crippen MR) is 203 cm³/mol. The molecule has 9 heteroatoms. The number of hydrogen-bond donors (Lipinski definition) is 0. The molecule has 1 nitrogen and oxygen atoms in total. The van der Waals surface area contributed by atoms with Crippen LogP contribution in [0.1, 0.15) is 140 Å². The van der Waals surface area contributed by atoms with Crippen molar-refractivity contribution in [2.24, 2.45) is 5.92 Å². The van der Waals surface area contributed by atoms with E-state index in [4.69, 9.17) is 0 Å². The van der Waals surface area contributed by atoms with Crippen molar-refractivity contribution in [1.82, 2.24) is 0 Å². The SMILES string of the molecule is CCCCCCCCCCCCCCCC1CCC(c2ccc(-c3ccc(-c4cc(F)c(C(F)(F)Oc5cc(F)c(F)c(F)c5)c(F)c4)c(F)c3)cc2)CC1. The number of rotatable bonds is 20. The predicted octanol–water partition coefficient (Wildman–Crippen LogP) is 15.7. The molecule has 0 aromatic heterocycles. The van der Waals surface area contributed by atoms with Gasteiger partial charge >= 0.3 is 6.11 Å². The zero-order valence-corrected chi connectivity index (χ0v) is 31.7. The molecule has 1 aliphatic rings. The molecule has 0 spiro atoms. The zero-order valence-electron chi connectivity index (χ0n) is 31.7. The lowest BCUT2D eigenvalue weighted by molar-refractivity contribution is -0.189. The summed E-state index contributed by atoms with van der Waals surface area (Å²) in [6.07, 6.45) is 19.1. The quantitative estimate of drug-likeness (QED) is 0.0494. The second-order valence-electron chi connectivity index (χ2n) is 15.2. The molecular formula is C46H52F8O. The van der Waals surface area contributed by atoms with Crippen LogP contribution in [0.15, 0.2) is 66.7 Å². The highest BCUT2D eigenvalue weighted by atomic mass is 19.3. The molecule has 0 saturated heterocycles. The second kappa shape index (κ2) is 20.3. The molecule has 0 radical (unpaired) electrons. The van der Waals surface area contributed by atoms with Crippen LogP contribution in [-0.4, -0.2) is 0 Å². The van der Waals surface area contributed by atoms with Crippen molar-refractivity contribution in [2.45, 2.75) is 135 Å². The zero-order chi connectivity index (χ0) is 39.4. The molecular weight excluding hydrogens is 720 g/mol. The van der Waals surface area contributed by atoms with E-state index in [1.165, 1.54) is 120 Å². The number of hydrogen-bond acceptors (Lipinski definition) is 1. The summed E-state index contributed by atoms with van der Waals surface area (Å²) in [5, 5.41) is 0. The molecule has 0 bridgehead atoms. The normalized spacial score (nSPS) is 16.1. The van der Waals surface area contributed by atoms with Gasteiger partial charge in [0, 0.05) is 17.7 Å². The van der Waals surface area contributed by atoms with E-state index in [9.17, 15) is 30.7 Å². The van der Waals surface area contributed by atoms with Gasteiger partial charge in [-0.3, -0.25) is 0 Å². The number of ether oxygens (including phenoxy) is 1. The van der Waals surface area contributed by atoms with Crippen LogP contribution in [0.3, 0.4) is 0 Å². The second-order valence-corrected chi connectivity index (χ2v) is 15.2. The third-order valence-electron chi connectivity index (χ3n) is 11.1. The van der Waals surface area contributed by atoms with E-state index < -0.39 is 52.3 Å². The maximum absolute atomic E-state index is 15.3. The maximum Gasteiger partial charge on any atom is 0.432 e. The minimum atomic E-state index is -4.75. The monoisotopic (exact) mass is 772 g/mol. The van der Waals surface area contributed by atoms with Crippen LogP contribution in [0, 0.1) is 40.8 Å². The van der Waals surface area contributed by atoms with Gasteiger partial charge in [0.05, 0.1) is 0 Å². The van der Waals surface area contributed by atoms with Gasteiger partial charge in [0.25, 0.3) is 0 Å². The summed E-state index contributed by atoms with van der Waals surface area (Å²) < 4.78 is 119. The van der Waals surface area contributed by atoms with Crippen molar-refractivity contribution in [3.05, 3.63) is 113 Å². The van der Waals surface area contributed by atoms with E-state index in [1.807, 2.05) is 12.1 Å². The summed E-state index contributed by atoms with van der Waals surface area (Å²) in [5.41, 5.74) is 0.0994. The Kier molecular flexibility index (Phi) is 15.6. The molecule has 1 aliphatic carbocycles. The summed E-state index contributed by atoms with van der Waals surface area (Å²) in [6.45, 7) is 2.26. The van der Waals surface area contributed by atoms with Gasteiger partial charge in [-0.05, 0) is 78.0 Å². The molecule has 0 amide bonds. The summed E-state index contributed by atoms with van der Waals surface area (Å²) >= 11 is 0. The molecule has 5 rings (SSSR count). The van der Waals surface area contributed by atoms with Crippen LogP contribution in [0.5, 0.6) is 5.75 Å². The average molecular weight is 773 g/mol. The van der Waals surface area contributed by atoms with Crippen LogP contribution in [0.4, 0.5) is 35.1 Å². The molecule has 0 aliphatic heterocycles. The van der Waals surface area contributed by atoms with Crippen molar-refractivity contribution in [3.8, 4) is 28.0 Å².